The third-order valence-electron chi connectivity index (χ3n) is 7.92. The number of anilines is 1. The van der Waals surface area contributed by atoms with Crippen LogP contribution in [-0.2, 0) is 22.5 Å². The predicted octanol–water partition coefficient (Wildman–Crippen LogP) is 7.10. The van der Waals surface area contributed by atoms with Crippen LogP contribution in [0, 0.1) is 18.2 Å². The van der Waals surface area contributed by atoms with Crippen LogP contribution in [-0.4, -0.2) is 48.4 Å². The number of benzene rings is 2. The van der Waals surface area contributed by atoms with Gasteiger partial charge in [0.05, 0.1) is 23.6 Å². The lowest BCUT2D eigenvalue weighted by atomic mass is 9.81. The van der Waals surface area contributed by atoms with Crippen molar-refractivity contribution in [1.82, 2.24) is 10.3 Å². The van der Waals surface area contributed by atoms with E-state index in [1.54, 1.807) is 12.1 Å². The molecule has 4 rings (SSSR count). The predicted molar refractivity (Wildman–Crippen MR) is 169 cm³/mol. The highest BCUT2D eigenvalue weighted by Gasteiger charge is 2.36. The summed E-state index contributed by atoms with van der Waals surface area (Å²) in [6, 6.07) is 14.4. The quantitative estimate of drug-likeness (QED) is 0.246. The Balaban J connectivity index is 1.77. The number of aliphatic carboxylic acids is 1. The Bertz CT molecular complexity index is 1390. The van der Waals surface area contributed by atoms with Crippen molar-refractivity contribution in [2.75, 3.05) is 31.6 Å². The zero-order chi connectivity index (χ0) is 31.4. The van der Waals surface area contributed by atoms with Crippen LogP contribution in [0.15, 0.2) is 48.5 Å². The SMILES string of the molecule is CNCc1nc(C)c(C(OC(C)(C)C)C(=O)O)c(N2CCC(C)(C)CC2)c1-c1ccc(OCCc2ccc(F)cc2)cc1. The topological polar surface area (TPSA) is 83.9 Å². The third kappa shape index (κ3) is 8.33. The lowest BCUT2D eigenvalue weighted by molar-refractivity contribution is -0.160. The van der Waals surface area contributed by atoms with Crippen LogP contribution in [0.25, 0.3) is 11.1 Å². The standard InChI is InChI=1S/C35H46FN3O4/c1-23-29(32(33(40)41)43-34(2,3)4)31(39-19-17-35(5,6)18-20-39)30(28(38-23)22-37-7)25-10-14-27(15-11-25)42-21-16-24-8-12-26(36)13-9-24/h8-15,32,37H,16-22H2,1-7H3,(H,40,41). The van der Waals surface area contributed by atoms with E-state index in [2.05, 4.69) is 24.1 Å². The van der Waals surface area contributed by atoms with E-state index in [0.717, 1.165) is 59.8 Å². The Morgan fingerprint density at radius 2 is 1.72 bits per heavy atom. The molecule has 2 aromatic carbocycles. The van der Waals surface area contributed by atoms with E-state index in [-0.39, 0.29) is 11.2 Å². The van der Waals surface area contributed by atoms with Crippen molar-refractivity contribution in [2.45, 2.75) is 79.1 Å². The first-order chi connectivity index (χ1) is 20.3. The van der Waals surface area contributed by atoms with Crippen molar-refractivity contribution in [3.05, 3.63) is 76.9 Å². The smallest absolute Gasteiger partial charge is 0.337 e. The van der Waals surface area contributed by atoms with E-state index < -0.39 is 17.7 Å². The van der Waals surface area contributed by atoms with Gasteiger partial charge in [-0.05, 0) is 88.4 Å². The molecule has 8 heteroatoms. The van der Waals surface area contributed by atoms with Gasteiger partial charge in [0.25, 0.3) is 0 Å². The number of rotatable bonds is 11. The molecule has 1 aromatic heterocycles. The summed E-state index contributed by atoms with van der Waals surface area (Å²) in [7, 11) is 1.89. The molecule has 0 amide bonds. The fraction of sp³-hybridized carbons (Fsp3) is 0.486. The molecular formula is C35H46FN3O4. The molecule has 7 nitrogen and oxygen atoms in total. The minimum atomic E-state index is -1.17. The number of hydrogen-bond donors (Lipinski definition) is 2. The number of carboxylic acids is 1. The highest BCUT2D eigenvalue weighted by molar-refractivity contribution is 5.88. The number of nitrogens with zero attached hydrogens (tertiary/aromatic N) is 2. The molecule has 1 saturated heterocycles. The van der Waals surface area contributed by atoms with Crippen LogP contribution in [0.5, 0.6) is 5.75 Å². The van der Waals surface area contributed by atoms with Gasteiger partial charge >= 0.3 is 5.97 Å². The van der Waals surface area contributed by atoms with Crippen LogP contribution in [0.2, 0.25) is 0 Å². The lowest BCUT2D eigenvalue weighted by Crippen LogP contribution is -2.39. The van der Waals surface area contributed by atoms with Crippen molar-refractivity contribution in [3.63, 3.8) is 0 Å². The molecule has 0 saturated carbocycles. The van der Waals surface area contributed by atoms with Gasteiger partial charge in [0.15, 0.2) is 6.10 Å². The summed E-state index contributed by atoms with van der Waals surface area (Å²) in [5, 5.41) is 13.7. The van der Waals surface area contributed by atoms with Crippen LogP contribution >= 0.6 is 0 Å². The number of hydrogen-bond acceptors (Lipinski definition) is 6. The molecule has 0 spiro atoms. The molecule has 1 unspecified atom stereocenters. The van der Waals surface area contributed by atoms with Crippen molar-refractivity contribution >= 4 is 11.7 Å². The van der Waals surface area contributed by atoms with Gasteiger partial charge in [0, 0.05) is 42.9 Å². The Kier molecular flexibility index (Phi) is 10.1. The summed E-state index contributed by atoms with van der Waals surface area (Å²) in [6.07, 6.45) is 1.48. The van der Waals surface area contributed by atoms with Gasteiger partial charge in [-0.3, -0.25) is 4.98 Å². The van der Waals surface area contributed by atoms with Gasteiger partial charge in [-0.2, -0.15) is 0 Å². The zero-order valence-electron chi connectivity index (χ0n) is 26.6. The number of aromatic nitrogens is 1. The minimum absolute atomic E-state index is 0.216. The molecule has 0 aliphatic carbocycles. The largest absolute Gasteiger partial charge is 0.493 e. The number of piperidine rings is 1. The summed E-state index contributed by atoms with van der Waals surface area (Å²) < 4.78 is 25.5. The maximum absolute atomic E-state index is 13.2. The summed E-state index contributed by atoms with van der Waals surface area (Å²) in [6.45, 7) is 14.7. The van der Waals surface area contributed by atoms with Crippen molar-refractivity contribution in [1.29, 1.82) is 0 Å². The zero-order valence-corrected chi connectivity index (χ0v) is 26.6. The molecule has 2 heterocycles. The normalized spacial score (nSPS) is 15.8. The van der Waals surface area contributed by atoms with Crippen molar-refractivity contribution in [3.8, 4) is 16.9 Å². The van der Waals surface area contributed by atoms with Gasteiger partial charge < -0.3 is 24.8 Å². The maximum atomic E-state index is 13.2. The molecule has 232 valence electrons. The molecular weight excluding hydrogens is 545 g/mol. The third-order valence-corrected chi connectivity index (χ3v) is 7.92. The van der Waals surface area contributed by atoms with Crippen LogP contribution in [0.1, 0.15) is 76.1 Å². The van der Waals surface area contributed by atoms with E-state index in [0.29, 0.717) is 30.8 Å². The van der Waals surface area contributed by atoms with E-state index in [9.17, 15) is 14.3 Å². The summed E-state index contributed by atoms with van der Waals surface area (Å²) in [5.74, 6) is -0.559. The second kappa shape index (κ2) is 13.4. The fourth-order valence-corrected chi connectivity index (χ4v) is 5.58. The Morgan fingerprint density at radius 3 is 2.28 bits per heavy atom. The van der Waals surface area contributed by atoms with Gasteiger partial charge in [0.1, 0.15) is 11.6 Å². The Hall–Kier alpha value is -3.49. The number of carboxylic acid groups (broad SMARTS) is 1. The first kappa shape index (κ1) is 32.4. The highest BCUT2D eigenvalue weighted by atomic mass is 19.1. The summed E-state index contributed by atoms with van der Waals surface area (Å²) >= 11 is 0. The second-order valence-electron chi connectivity index (χ2n) is 13.2. The van der Waals surface area contributed by atoms with Crippen LogP contribution < -0.4 is 15.0 Å². The number of pyridine rings is 1. The monoisotopic (exact) mass is 591 g/mol. The molecule has 3 aromatic rings. The molecule has 1 aliphatic rings. The average molecular weight is 592 g/mol. The Morgan fingerprint density at radius 1 is 1.09 bits per heavy atom. The first-order valence-electron chi connectivity index (χ1n) is 15.1. The maximum Gasteiger partial charge on any atom is 0.337 e. The van der Waals surface area contributed by atoms with E-state index in [1.165, 1.54) is 12.1 Å². The summed E-state index contributed by atoms with van der Waals surface area (Å²) in [4.78, 5) is 20.1. The van der Waals surface area contributed by atoms with Gasteiger partial charge in [0.2, 0.25) is 0 Å². The van der Waals surface area contributed by atoms with Crippen LogP contribution in [0.4, 0.5) is 10.1 Å². The van der Waals surface area contributed by atoms with Gasteiger partial charge in [-0.25, -0.2) is 9.18 Å². The molecule has 2 N–H and O–H groups in total. The van der Waals surface area contributed by atoms with E-state index in [1.807, 2.05) is 59.0 Å². The van der Waals surface area contributed by atoms with E-state index >= 15 is 0 Å². The molecule has 0 bridgehead atoms. The highest BCUT2D eigenvalue weighted by Crippen LogP contribution is 2.45. The van der Waals surface area contributed by atoms with Crippen molar-refractivity contribution in [2.24, 2.45) is 5.41 Å². The molecule has 0 radical (unpaired) electrons. The first-order valence-corrected chi connectivity index (χ1v) is 15.1. The molecule has 1 aliphatic heterocycles. The number of halogens is 1. The number of ether oxygens (including phenoxy) is 2. The number of nitrogens with one attached hydrogen (secondary N) is 1. The van der Waals surface area contributed by atoms with Gasteiger partial charge in [-0.15, -0.1) is 0 Å². The number of aryl methyl sites for hydroxylation is 1. The Labute approximate surface area is 255 Å². The summed E-state index contributed by atoms with van der Waals surface area (Å²) in [5.41, 5.74) is 5.40. The van der Waals surface area contributed by atoms with Crippen molar-refractivity contribution < 1.29 is 23.8 Å². The molecule has 1 atom stereocenters. The molecule has 43 heavy (non-hydrogen) atoms. The molecule has 1 fully saturated rings. The fourth-order valence-electron chi connectivity index (χ4n) is 5.58. The lowest BCUT2D eigenvalue weighted by Gasteiger charge is -2.41. The average Bonchev–Trinajstić information content (AvgIpc) is 2.93. The number of carbonyl (C=O) groups is 1. The van der Waals surface area contributed by atoms with E-state index in [4.69, 9.17) is 14.5 Å². The second-order valence-corrected chi connectivity index (χ2v) is 13.2. The van der Waals surface area contributed by atoms with Crippen LogP contribution in [0.3, 0.4) is 0 Å². The minimum Gasteiger partial charge on any atom is -0.493 e. The van der Waals surface area contributed by atoms with Gasteiger partial charge in [-0.1, -0.05) is 38.1 Å².